The molecule has 1 fully saturated rings. The Morgan fingerprint density at radius 3 is 2.47 bits per heavy atom. The van der Waals surface area contributed by atoms with E-state index in [-0.39, 0.29) is 5.91 Å². The Labute approximate surface area is 121 Å². The molecule has 0 saturated carbocycles. The number of likely N-dealkylation sites (N-methyl/N-ethyl adjacent to an activating group) is 1. The fraction of sp³-hybridized carbons (Fsp3) is 0.923. The fourth-order valence-electron chi connectivity index (χ4n) is 1.93. The molecule has 1 aliphatic heterocycles. The highest BCUT2D eigenvalue weighted by atomic mass is 32.1. The third-order valence-electron chi connectivity index (χ3n) is 3.15. The number of nitrogens with one attached hydrogen (secondary N) is 1. The van der Waals surface area contributed by atoms with Gasteiger partial charge in [0.2, 0.25) is 5.91 Å². The molecule has 0 aromatic heterocycles. The van der Waals surface area contributed by atoms with Gasteiger partial charge in [-0.2, -0.15) is 12.6 Å². The zero-order valence-corrected chi connectivity index (χ0v) is 12.7. The Morgan fingerprint density at radius 2 is 1.84 bits per heavy atom. The first-order chi connectivity index (χ1) is 9.24. The molecule has 1 heterocycles. The highest BCUT2D eigenvalue weighted by Gasteiger charge is 2.20. The summed E-state index contributed by atoms with van der Waals surface area (Å²) in [5, 5.41) is 3.46. The van der Waals surface area contributed by atoms with E-state index in [1.807, 2.05) is 11.9 Å². The summed E-state index contributed by atoms with van der Waals surface area (Å²) in [4.78, 5) is 13.8. The van der Waals surface area contributed by atoms with Crippen LogP contribution in [0.4, 0.5) is 0 Å². The van der Waals surface area contributed by atoms with E-state index >= 15 is 0 Å². The molecular weight excluding hydrogens is 264 g/mol. The minimum absolute atomic E-state index is 0.191. The van der Waals surface area contributed by atoms with Crippen molar-refractivity contribution in [2.24, 2.45) is 0 Å². The molecule has 1 amide bonds. The number of thiol groups is 1. The molecular formula is C13H26N2O3S. The van der Waals surface area contributed by atoms with E-state index in [1.54, 1.807) is 0 Å². The maximum Gasteiger partial charge on any atom is 0.224 e. The molecule has 19 heavy (non-hydrogen) atoms. The molecule has 1 N–H and O–H groups in total. The van der Waals surface area contributed by atoms with E-state index in [0.717, 1.165) is 32.5 Å². The second kappa shape index (κ2) is 10.5. The third-order valence-corrected chi connectivity index (χ3v) is 3.66. The van der Waals surface area contributed by atoms with Crippen molar-refractivity contribution in [1.29, 1.82) is 0 Å². The molecule has 0 aliphatic carbocycles. The van der Waals surface area contributed by atoms with Gasteiger partial charge >= 0.3 is 0 Å². The molecule has 1 aliphatic rings. The van der Waals surface area contributed by atoms with Crippen molar-refractivity contribution in [3.8, 4) is 0 Å². The van der Waals surface area contributed by atoms with Crippen molar-refractivity contribution in [2.75, 3.05) is 53.1 Å². The summed E-state index contributed by atoms with van der Waals surface area (Å²) in [6.07, 6.45) is 2.46. The number of nitrogens with zero attached hydrogens (tertiary/aromatic N) is 1. The molecule has 5 nitrogen and oxygen atoms in total. The molecule has 0 aromatic rings. The van der Waals surface area contributed by atoms with E-state index in [0.29, 0.717) is 38.1 Å². The summed E-state index contributed by atoms with van der Waals surface area (Å²) in [6.45, 7) is 4.82. The predicted molar refractivity (Wildman–Crippen MR) is 78.8 cm³/mol. The molecule has 1 rings (SSSR count). The Kier molecular flexibility index (Phi) is 9.24. The lowest BCUT2D eigenvalue weighted by Crippen LogP contribution is -2.39. The van der Waals surface area contributed by atoms with Gasteiger partial charge in [-0.1, -0.05) is 0 Å². The molecule has 0 aromatic carbocycles. The lowest BCUT2D eigenvalue weighted by Gasteiger charge is -2.29. The lowest BCUT2D eigenvalue weighted by atomic mass is 10.1. The summed E-state index contributed by atoms with van der Waals surface area (Å²) < 4.78 is 10.7. The van der Waals surface area contributed by atoms with Gasteiger partial charge in [0.05, 0.1) is 32.8 Å². The van der Waals surface area contributed by atoms with Crippen molar-refractivity contribution in [2.45, 2.75) is 24.5 Å². The maximum absolute atomic E-state index is 11.9. The first-order valence-corrected chi connectivity index (χ1v) is 7.51. The molecule has 0 spiro atoms. The Morgan fingerprint density at radius 1 is 1.21 bits per heavy atom. The van der Waals surface area contributed by atoms with Crippen LogP contribution in [-0.2, 0) is 14.3 Å². The number of carbonyl (C=O) groups is 1. The topological polar surface area (TPSA) is 50.8 Å². The van der Waals surface area contributed by atoms with E-state index in [1.165, 1.54) is 0 Å². The minimum atomic E-state index is 0.191. The van der Waals surface area contributed by atoms with Crippen LogP contribution in [0.1, 0.15) is 19.3 Å². The van der Waals surface area contributed by atoms with E-state index in [4.69, 9.17) is 9.47 Å². The number of hydrogen-bond acceptors (Lipinski definition) is 5. The number of rotatable bonds is 9. The van der Waals surface area contributed by atoms with Crippen LogP contribution in [0.3, 0.4) is 0 Å². The fourth-order valence-corrected chi connectivity index (χ4v) is 2.16. The smallest absolute Gasteiger partial charge is 0.224 e. The van der Waals surface area contributed by atoms with Crippen LogP contribution in [-0.4, -0.2) is 69.2 Å². The van der Waals surface area contributed by atoms with Gasteiger partial charge in [0.25, 0.3) is 0 Å². The van der Waals surface area contributed by atoms with Crippen LogP contribution < -0.4 is 5.32 Å². The zero-order chi connectivity index (χ0) is 13.9. The molecule has 6 heteroatoms. The average Bonchev–Trinajstić information content (AvgIpc) is 2.42. The van der Waals surface area contributed by atoms with Crippen molar-refractivity contribution in [1.82, 2.24) is 10.2 Å². The Bertz CT molecular complexity index is 246. The number of ether oxygens (including phenoxy) is 2. The Balaban J connectivity index is 1.93. The SMILES string of the molecule is CNCCOCCOCCC(=O)N1CCC(S)CC1. The quantitative estimate of drug-likeness (QED) is 0.481. The van der Waals surface area contributed by atoms with Crippen molar-refractivity contribution in [3.05, 3.63) is 0 Å². The summed E-state index contributed by atoms with van der Waals surface area (Å²) in [7, 11) is 1.89. The van der Waals surface area contributed by atoms with Crippen molar-refractivity contribution < 1.29 is 14.3 Å². The maximum atomic E-state index is 11.9. The van der Waals surface area contributed by atoms with Gasteiger partial charge in [-0.05, 0) is 19.9 Å². The molecule has 0 unspecified atom stereocenters. The van der Waals surface area contributed by atoms with Crippen molar-refractivity contribution >= 4 is 18.5 Å². The highest BCUT2D eigenvalue weighted by molar-refractivity contribution is 7.80. The van der Waals surface area contributed by atoms with Crippen LogP contribution in [0.2, 0.25) is 0 Å². The number of carbonyl (C=O) groups excluding carboxylic acids is 1. The lowest BCUT2D eigenvalue weighted by molar-refractivity contribution is -0.133. The first-order valence-electron chi connectivity index (χ1n) is 7.00. The first kappa shape index (κ1) is 16.8. The van der Waals surface area contributed by atoms with Gasteiger partial charge in [-0.25, -0.2) is 0 Å². The largest absolute Gasteiger partial charge is 0.379 e. The predicted octanol–water partition coefficient (Wildman–Crippen LogP) is 0.550. The summed E-state index contributed by atoms with van der Waals surface area (Å²) in [5.74, 6) is 0.191. The zero-order valence-electron chi connectivity index (χ0n) is 11.8. The summed E-state index contributed by atoms with van der Waals surface area (Å²) in [6, 6.07) is 0. The summed E-state index contributed by atoms with van der Waals surface area (Å²) >= 11 is 4.42. The average molecular weight is 290 g/mol. The Hall–Kier alpha value is -0.300. The second-order valence-corrected chi connectivity index (χ2v) is 5.42. The van der Waals surface area contributed by atoms with Gasteiger partial charge in [0, 0.05) is 24.9 Å². The molecule has 0 radical (unpaired) electrons. The van der Waals surface area contributed by atoms with Gasteiger partial charge in [0.1, 0.15) is 0 Å². The van der Waals surface area contributed by atoms with Crippen LogP contribution in [0.25, 0.3) is 0 Å². The number of likely N-dealkylation sites (tertiary alicyclic amines) is 1. The standard InChI is InChI=1S/C13H26N2O3S/c1-14-5-9-18-11-10-17-8-4-13(16)15-6-2-12(19)3-7-15/h12,14,19H,2-11H2,1H3. The minimum Gasteiger partial charge on any atom is -0.379 e. The van der Waals surface area contributed by atoms with Crippen LogP contribution in [0, 0.1) is 0 Å². The van der Waals surface area contributed by atoms with E-state index < -0.39 is 0 Å². The third kappa shape index (κ3) is 7.77. The molecule has 112 valence electrons. The van der Waals surface area contributed by atoms with Crippen molar-refractivity contribution in [3.63, 3.8) is 0 Å². The highest BCUT2D eigenvalue weighted by Crippen LogP contribution is 2.15. The molecule has 0 atom stereocenters. The van der Waals surface area contributed by atoms with Gasteiger partial charge in [-0.3, -0.25) is 4.79 Å². The molecule has 0 bridgehead atoms. The van der Waals surface area contributed by atoms with Crippen LogP contribution in [0.15, 0.2) is 0 Å². The normalized spacial score (nSPS) is 16.8. The number of amides is 1. The number of piperidine rings is 1. The summed E-state index contributed by atoms with van der Waals surface area (Å²) in [5.41, 5.74) is 0. The van der Waals surface area contributed by atoms with Crippen LogP contribution in [0.5, 0.6) is 0 Å². The monoisotopic (exact) mass is 290 g/mol. The van der Waals surface area contributed by atoms with Crippen LogP contribution >= 0.6 is 12.6 Å². The number of hydrogen-bond donors (Lipinski definition) is 2. The van der Waals surface area contributed by atoms with E-state index in [2.05, 4.69) is 17.9 Å². The van der Waals surface area contributed by atoms with Gasteiger partial charge in [0.15, 0.2) is 0 Å². The molecule has 1 saturated heterocycles. The van der Waals surface area contributed by atoms with Gasteiger partial charge in [-0.15, -0.1) is 0 Å². The second-order valence-electron chi connectivity index (χ2n) is 4.69. The van der Waals surface area contributed by atoms with Gasteiger partial charge < -0.3 is 19.7 Å². The van der Waals surface area contributed by atoms with E-state index in [9.17, 15) is 4.79 Å².